The van der Waals surface area contributed by atoms with Crippen LogP contribution in [0.1, 0.15) is 6.92 Å². The van der Waals surface area contributed by atoms with Crippen LogP contribution in [-0.2, 0) is 14.2 Å². The number of aliphatic hydroxyl groups excluding tert-OH is 6. The van der Waals surface area contributed by atoms with Crippen LogP contribution in [0.5, 0.6) is 17.2 Å². The number of rotatable bonds is 7. The van der Waals surface area contributed by atoms with Gasteiger partial charge in [-0.25, -0.2) is 0 Å². The van der Waals surface area contributed by atoms with Crippen LogP contribution in [0.3, 0.4) is 0 Å². The molecule has 14 nitrogen and oxygen atoms in total. The first kappa shape index (κ1) is 30.2. The van der Waals surface area contributed by atoms with E-state index >= 15 is 0 Å². The Morgan fingerprint density at radius 2 is 1.52 bits per heavy atom. The molecule has 5 rings (SSSR count). The molecule has 2 fully saturated rings. The van der Waals surface area contributed by atoms with Crippen LogP contribution < -0.4 is 14.9 Å². The Kier molecular flexibility index (Phi) is 8.71. The molecule has 2 aliphatic heterocycles. The Bertz CT molecular complexity index is 1440. The second kappa shape index (κ2) is 12.1. The fourth-order valence-corrected chi connectivity index (χ4v) is 4.96. The third-order valence-electron chi connectivity index (χ3n) is 7.33. The SMILES string of the molecule is COc1cc(O)c2c(=O)cc(-c3ccc(O[C@H]4O[C@@H](C)[C@@H](O[C@H]5O[C@@H](CO)[C@H](O)[C@H](O)[C@@H]5O)[C@@H](O)[C@@H]4O)cc3)oc2c1. The summed E-state index contributed by atoms with van der Waals surface area (Å²) in [5.74, 6) is 0.514. The van der Waals surface area contributed by atoms with Crippen LogP contribution in [0.4, 0.5) is 0 Å². The monoisotopic (exact) mass is 592 g/mol. The molecule has 2 saturated heterocycles. The molecular formula is C28H32O14. The fourth-order valence-electron chi connectivity index (χ4n) is 4.96. The van der Waals surface area contributed by atoms with E-state index < -0.39 is 73.4 Å². The molecule has 0 bridgehead atoms. The smallest absolute Gasteiger partial charge is 0.229 e. The van der Waals surface area contributed by atoms with Crippen molar-refractivity contribution in [2.75, 3.05) is 13.7 Å². The quantitative estimate of drug-likeness (QED) is 0.179. The van der Waals surface area contributed by atoms with E-state index in [0.29, 0.717) is 11.3 Å². The molecule has 0 aliphatic carbocycles. The second-order valence-corrected chi connectivity index (χ2v) is 10.1. The maximum Gasteiger partial charge on any atom is 0.229 e. The molecule has 3 heterocycles. The predicted octanol–water partition coefficient (Wildman–Crippen LogP) is -0.795. The maximum absolute atomic E-state index is 12.6. The summed E-state index contributed by atoms with van der Waals surface area (Å²) in [6.45, 7) is 0.866. The highest BCUT2D eigenvalue weighted by Gasteiger charge is 2.50. The van der Waals surface area contributed by atoms with Gasteiger partial charge >= 0.3 is 0 Å². The molecule has 1 aromatic heterocycles. The van der Waals surface area contributed by atoms with Crippen LogP contribution in [-0.4, -0.2) is 111 Å². The molecule has 42 heavy (non-hydrogen) atoms. The third kappa shape index (κ3) is 5.68. The van der Waals surface area contributed by atoms with Crippen molar-refractivity contribution >= 4 is 11.0 Å². The van der Waals surface area contributed by atoms with Gasteiger partial charge in [-0.3, -0.25) is 4.79 Å². The standard InChI is InChI=1S/C28H32O14/c1-11-26(42-28-24(35)22(33)21(32)19(10-29)41-28)23(34)25(36)27(38-11)39-13-5-3-12(4-6-13)17-9-16(31)20-15(30)7-14(37-2)8-18(20)40-17/h3-9,11,19,21-30,32-36H,10H2,1-2H3/t11-,19-,21-,22-,23-,24-,25-,26+,27+,28+/m0/s1. The molecule has 0 spiro atoms. The van der Waals surface area contributed by atoms with Crippen molar-refractivity contribution in [3.05, 3.63) is 52.7 Å². The Morgan fingerprint density at radius 3 is 2.19 bits per heavy atom. The molecule has 10 atom stereocenters. The van der Waals surface area contributed by atoms with Crippen LogP contribution in [0.2, 0.25) is 0 Å². The van der Waals surface area contributed by atoms with Gasteiger partial charge < -0.3 is 63.8 Å². The van der Waals surface area contributed by atoms with Gasteiger partial charge in [0.2, 0.25) is 6.29 Å². The predicted molar refractivity (Wildman–Crippen MR) is 142 cm³/mol. The van der Waals surface area contributed by atoms with E-state index in [1.54, 1.807) is 12.1 Å². The topological polar surface area (TPSA) is 218 Å². The molecule has 2 aliphatic rings. The summed E-state index contributed by atoms with van der Waals surface area (Å²) in [5.41, 5.74) is 0.195. The molecule has 14 heteroatoms. The van der Waals surface area contributed by atoms with Gasteiger partial charge in [-0.2, -0.15) is 0 Å². The Balaban J connectivity index is 1.27. The van der Waals surface area contributed by atoms with Gasteiger partial charge in [-0.05, 0) is 31.2 Å². The van der Waals surface area contributed by atoms with Gasteiger partial charge in [0.15, 0.2) is 11.7 Å². The van der Waals surface area contributed by atoms with Gasteiger partial charge in [0.1, 0.15) is 76.7 Å². The average molecular weight is 593 g/mol. The zero-order valence-corrected chi connectivity index (χ0v) is 22.5. The number of hydrogen-bond donors (Lipinski definition) is 7. The summed E-state index contributed by atoms with van der Waals surface area (Å²) in [6.07, 6.45) is -14.4. The number of aromatic hydroxyl groups is 1. The fraction of sp³-hybridized carbons (Fsp3) is 0.464. The Morgan fingerprint density at radius 1 is 0.833 bits per heavy atom. The molecule has 0 saturated carbocycles. The lowest BCUT2D eigenvalue weighted by Gasteiger charge is -2.45. The first-order chi connectivity index (χ1) is 20.0. The molecule has 3 aromatic rings. The number of ether oxygens (including phenoxy) is 5. The van der Waals surface area contributed by atoms with Crippen LogP contribution >= 0.6 is 0 Å². The summed E-state index contributed by atoms with van der Waals surface area (Å²) in [5, 5.41) is 71.3. The van der Waals surface area contributed by atoms with Crippen LogP contribution in [0, 0.1) is 0 Å². The van der Waals surface area contributed by atoms with E-state index in [2.05, 4.69) is 0 Å². The first-order valence-electron chi connectivity index (χ1n) is 13.1. The van der Waals surface area contributed by atoms with Crippen LogP contribution in [0.25, 0.3) is 22.3 Å². The minimum atomic E-state index is -1.70. The summed E-state index contributed by atoms with van der Waals surface area (Å²) in [7, 11) is 1.42. The summed E-state index contributed by atoms with van der Waals surface area (Å²) in [4.78, 5) is 12.6. The summed E-state index contributed by atoms with van der Waals surface area (Å²) in [6, 6.07) is 10.3. The number of benzene rings is 2. The minimum absolute atomic E-state index is 0.0180. The number of fused-ring (bicyclic) bond motifs is 1. The second-order valence-electron chi connectivity index (χ2n) is 10.1. The number of hydrogen-bond acceptors (Lipinski definition) is 14. The van der Waals surface area contributed by atoms with Crippen molar-refractivity contribution in [3.8, 4) is 28.6 Å². The average Bonchev–Trinajstić information content (AvgIpc) is 2.97. The Hall–Kier alpha value is -3.31. The largest absolute Gasteiger partial charge is 0.507 e. The molecular weight excluding hydrogens is 560 g/mol. The zero-order valence-electron chi connectivity index (χ0n) is 22.5. The zero-order chi connectivity index (χ0) is 30.3. The van der Waals surface area contributed by atoms with Crippen molar-refractivity contribution in [2.45, 2.75) is 68.3 Å². The Labute approximate surface area is 238 Å². The lowest BCUT2D eigenvalue weighted by Crippen LogP contribution is -2.64. The van der Waals surface area contributed by atoms with Gasteiger partial charge in [0.05, 0.1) is 19.8 Å². The van der Waals surface area contributed by atoms with E-state index in [1.807, 2.05) is 0 Å². The summed E-state index contributed by atoms with van der Waals surface area (Å²) >= 11 is 0. The molecule has 0 amide bonds. The lowest BCUT2D eigenvalue weighted by atomic mass is 9.97. The molecule has 0 radical (unpaired) electrons. The van der Waals surface area contributed by atoms with Crippen molar-refractivity contribution in [2.24, 2.45) is 0 Å². The highest BCUT2D eigenvalue weighted by atomic mass is 16.7. The van der Waals surface area contributed by atoms with Gasteiger partial charge in [-0.1, -0.05) is 0 Å². The van der Waals surface area contributed by atoms with Crippen LogP contribution in [0.15, 0.2) is 51.7 Å². The lowest BCUT2D eigenvalue weighted by molar-refractivity contribution is -0.348. The van der Waals surface area contributed by atoms with Crippen molar-refractivity contribution in [1.29, 1.82) is 0 Å². The molecule has 2 aromatic carbocycles. The van der Waals surface area contributed by atoms with Crippen molar-refractivity contribution in [3.63, 3.8) is 0 Å². The first-order valence-corrected chi connectivity index (χ1v) is 13.1. The van der Waals surface area contributed by atoms with E-state index in [4.69, 9.17) is 28.1 Å². The van der Waals surface area contributed by atoms with Gasteiger partial charge in [0.25, 0.3) is 0 Å². The number of aliphatic hydroxyl groups is 6. The van der Waals surface area contributed by atoms with E-state index in [0.717, 1.165) is 0 Å². The number of methoxy groups -OCH3 is 1. The van der Waals surface area contributed by atoms with Gasteiger partial charge in [-0.15, -0.1) is 0 Å². The highest BCUT2D eigenvalue weighted by Crippen LogP contribution is 2.33. The minimum Gasteiger partial charge on any atom is -0.507 e. The van der Waals surface area contributed by atoms with E-state index in [1.165, 1.54) is 44.4 Å². The number of phenolic OH excluding ortho intramolecular Hbond substituents is 1. The molecule has 0 unspecified atom stereocenters. The molecule has 7 N–H and O–H groups in total. The van der Waals surface area contributed by atoms with E-state index in [9.17, 15) is 40.5 Å². The number of phenols is 1. The maximum atomic E-state index is 12.6. The highest BCUT2D eigenvalue weighted by molar-refractivity contribution is 5.86. The van der Waals surface area contributed by atoms with Crippen molar-refractivity contribution in [1.82, 2.24) is 0 Å². The van der Waals surface area contributed by atoms with E-state index in [-0.39, 0.29) is 28.2 Å². The normalized spacial score (nSPS) is 33.4. The molecule has 228 valence electrons. The third-order valence-corrected chi connectivity index (χ3v) is 7.33. The van der Waals surface area contributed by atoms with Gasteiger partial charge in [0, 0.05) is 23.8 Å². The van der Waals surface area contributed by atoms with Crippen molar-refractivity contribution < 1.29 is 63.8 Å². The summed E-state index contributed by atoms with van der Waals surface area (Å²) < 4.78 is 33.4.